The molecule has 0 unspecified atom stereocenters. The Labute approximate surface area is 136 Å². The lowest BCUT2D eigenvalue weighted by molar-refractivity contribution is -0.137. The molecule has 0 aliphatic heterocycles. The van der Waals surface area contributed by atoms with Gasteiger partial charge in [0.2, 0.25) is 0 Å². The fourth-order valence-corrected chi connectivity index (χ4v) is 1.97. The van der Waals surface area contributed by atoms with Crippen LogP contribution in [0.1, 0.15) is 11.1 Å². The number of alkyl halides is 3. The van der Waals surface area contributed by atoms with Gasteiger partial charge in [0.15, 0.2) is 18.2 Å². The van der Waals surface area contributed by atoms with Gasteiger partial charge in [-0.1, -0.05) is 24.3 Å². The van der Waals surface area contributed by atoms with Gasteiger partial charge in [-0.3, -0.25) is 4.79 Å². The molecule has 0 radical (unpaired) electrons. The largest absolute Gasteiger partial charge is 0.481 e. The highest BCUT2D eigenvalue weighted by atomic mass is 19.4. The van der Waals surface area contributed by atoms with E-state index in [9.17, 15) is 22.4 Å². The summed E-state index contributed by atoms with van der Waals surface area (Å²) in [5.41, 5.74) is -0.201. The normalized spacial score (nSPS) is 11.2. The molecule has 0 aromatic heterocycles. The van der Waals surface area contributed by atoms with Gasteiger partial charge in [0.05, 0.1) is 5.56 Å². The summed E-state index contributed by atoms with van der Waals surface area (Å²) in [5.74, 6) is -1.03. The van der Waals surface area contributed by atoms with E-state index in [0.717, 1.165) is 12.1 Å². The van der Waals surface area contributed by atoms with E-state index in [1.807, 2.05) is 0 Å². The van der Waals surface area contributed by atoms with E-state index in [1.54, 1.807) is 6.07 Å². The third-order valence-electron chi connectivity index (χ3n) is 3.31. The van der Waals surface area contributed by atoms with Gasteiger partial charge in [0, 0.05) is 13.6 Å². The zero-order valence-electron chi connectivity index (χ0n) is 12.8. The first kappa shape index (κ1) is 17.8. The second kappa shape index (κ2) is 7.33. The van der Waals surface area contributed by atoms with Crippen LogP contribution in [0.3, 0.4) is 0 Å². The zero-order valence-corrected chi connectivity index (χ0v) is 12.8. The van der Waals surface area contributed by atoms with Crippen LogP contribution in [0.2, 0.25) is 0 Å². The summed E-state index contributed by atoms with van der Waals surface area (Å²) in [5, 5.41) is 0. The second-order valence-electron chi connectivity index (χ2n) is 5.16. The topological polar surface area (TPSA) is 29.5 Å². The van der Waals surface area contributed by atoms with E-state index in [-0.39, 0.29) is 18.9 Å². The van der Waals surface area contributed by atoms with Crippen molar-refractivity contribution < 1.29 is 27.1 Å². The summed E-state index contributed by atoms with van der Waals surface area (Å²) >= 11 is 0. The molecule has 0 N–H and O–H groups in total. The fourth-order valence-electron chi connectivity index (χ4n) is 1.97. The molecule has 0 spiro atoms. The number of benzene rings is 2. The first-order valence-corrected chi connectivity index (χ1v) is 7.05. The van der Waals surface area contributed by atoms with Crippen LogP contribution in [0.5, 0.6) is 5.75 Å². The molecule has 1 amide bonds. The Kier molecular flexibility index (Phi) is 5.43. The van der Waals surface area contributed by atoms with E-state index in [4.69, 9.17) is 4.74 Å². The Bertz CT molecular complexity index is 698. The summed E-state index contributed by atoms with van der Waals surface area (Å²) in [4.78, 5) is 13.3. The van der Waals surface area contributed by atoms with E-state index in [2.05, 4.69) is 0 Å². The predicted molar refractivity (Wildman–Crippen MR) is 79.8 cm³/mol. The lowest BCUT2D eigenvalue weighted by Gasteiger charge is -2.18. The van der Waals surface area contributed by atoms with Gasteiger partial charge in [-0.2, -0.15) is 13.2 Å². The minimum absolute atomic E-state index is 0.0335. The first-order chi connectivity index (χ1) is 11.3. The Hall–Kier alpha value is -2.57. The molecule has 3 nitrogen and oxygen atoms in total. The summed E-state index contributed by atoms with van der Waals surface area (Å²) in [6.07, 6.45) is -4.39. The second-order valence-corrected chi connectivity index (χ2v) is 5.16. The molecule has 0 fully saturated rings. The molecule has 0 aliphatic rings. The third kappa shape index (κ3) is 4.71. The maximum atomic E-state index is 13.4. The first-order valence-electron chi connectivity index (χ1n) is 7.05. The number of amides is 1. The van der Waals surface area contributed by atoms with Crippen molar-refractivity contribution in [3.8, 4) is 5.75 Å². The third-order valence-corrected chi connectivity index (χ3v) is 3.31. The quantitative estimate of drug-likeness (QED) is 0.773. The van der Waals surface area contributed by atoms with Crippen LogP contribution in [0, 0.1) is 5.82 Å². The van der Waals surface area contributed by atoms with Crippen LogP contribution in [0.4, 0.5) is 17.6 Å². The number of nitrogens with zero attached hydrogens (tertiary/aromatic N) is 1. The van der Waals surface area contributed by atoms with Crippen molar-refractivity contribution >= 4 is 5.91 Å². The molecular formula is C17H15F4NO2. The predicted octanol–water partition coefficient (Wildman–Crippen LogP) is 3.88. The molecule has 24 heavy (non-hydrogen) atoms. The van der Waals surface area contributed by atoms with E-state index < -0.39 is 23.5 Å². The SMILES string of the molecule is CN(Cc1ccc(C(F)(F)F)cc1)C(=O)COc1ccccc1F. The Balaban J connectivity index is 1.91. The van der Waals surface area contributed by atoms with Crippen molar-refractivity contribution in [2.45, 2.75) is 12.7 Å². The summed E-state index contributed by atoms with van der Waals surface area (Å²) in [7, 11) is 1.49. The van der Waals surface area contributed by atoms with Gasteiger partial charge in [-0.15, -0.1) is 0 Å². The number of para-hydroxylation sites is 1. The monoisotopic (exact) mass is 341 g/mol. The maximum absolute atomic E-state index is 13.4. The summed E-state index contributed by atoms with van der Waals surface area (Å²) in [6.45, 7) is -0.240. The average molecular weight is 341 g/mol. The van der Waals surface area contributed by atoms with Crippen molar-refractivity contribution in [2.24, 2.45) is 0 Å². The van der Waals surface area contributed by atoms with Gasteiger partial charge in [0.25, 0.3) is 5.91 Å². The highest BCUT2D eigenvalue weighted by Gasteiger charge is 2.29. The molecule has 2 rings (SSSR count). The molecule has 0 bridgehead atoms. The molecule has 7 heteroatoms. The number of carbonyl (C=O) groups excluding carboxylic acids is 1. The van der Waals surface area contributed by atoms with Crippen LogP contribution in [-0.2, 0) is 17.5 Å². The van der Waals surface area contributed by atoms with Crippen LogP contribution in [-0.4, -0.2) is 24.5 Å². The number of rotatable bonds is 5. The highest BCUT2D eigenvalue weighted by molar-refractivity contribution is 5.77. The molecule has 2 aromatic carbocycles. The standard InChI is InChI=1S/C17H15F4NO2/c1-22(10-12-6-8-13(9-7-12)17(19,20)21)16(23)11-24-15-5-3-2-4-14(15)18/h2-9H,10-11H2,1H3. The van der Waals surface area contributed by atoms with Crippen molar-refractivity contribution in [1.29, 1.82) is 0 Å². The number of halogens is 4. The van der Waals surface area contributed by atoms with Gasteiger partial charge in [-0.05, 0) is 29.8 Å². The number of hydrogen-bond acceptors (Lipinski definition) is 2. The molecule has 0 atom stereocenters. The van der Waals surface area contributed by atoms with Crippen molar-refractivity contribution in [3.63, 3.8) is 0 Å². The van der Waals surface area contributed by atoms with Crippen molar-refractivity contribution in [1.82, 2.24) is 4.90 Å². The number of carbonyl (C=O) groups is 1. The van der Waals surface area contributed by atoms with Crippen LogP contribution in [0.15, 0.2) is 48.5 Å². The van der Waals surface area contributed by atoms with Crippen LogP contribution >= 0.6 is 0 Å². The molecule has 2 aromatic rings. The minimum Gasteiger partial charge on any atom is -0.481 e. The molecular weight excluding hydrogens is 326 g/mol. The summed E-state index contributed by atoms with van der Waals surface area (Å²) < 4.78 is 56.0. The number of likely N-dealkylation sites (N-methyl/N-ethyl adjacent to an activating group) is 1. The smallest absolute Gasteiger partial charge is 0.416 e. The lowest BCUT2D eigenvalue weighted by atomic mass is 10.1. The van der Waals surface area contributed by atoms with Crippen molar-refractivity contribution in [3.05, 3.63) is 65.5 Å². The van der Waals surface area contributed by atoms with Gasteiger partial charge in [0.1, 0.15) is 0 Å². The van der Waals surface area contributed by atoms with Crippen LogP contribution in [0.25, 0.3) is 0 Å². The van der Waals surface area contributed by atoms with Gasteiger partial charge >= 0.3 is 6.18 Å². The minimum atomic E-state index is -4.39. The van der Waals surface area contributed by atoms with E-state index >= 15 is 0 Å². The van der Waals surface area contributed by atoms with Gasteiger partial charge in [-0.25, -0.2) is 4.39 Å². The fraction of sp³-hybridized carbons (Fsp3) is 0.235. The average Bonchev–Trinajstić information content (AvgIpc) is 2.53. The molecule has 128 valence electrons. The number of ether oxygens (including phenoxy) is 1. The van der Waals surface area contributed by atoms with Crippen LogP contribution < -0.4 is 4.74 Å². The molecule has 0 saturated carbocycles. The zero-order chi connectivity index (χ0) is 17.7. The Morgan fingerprint density at radius 2 is 1.71 bits per heavy atom. The molecule has 0 heterocycles. The van der Waals surface area contributed by atoms with Crippen molar-refractivity contribution in [2.75, 3.05) is 13.7 Å². The molecule has 0 aliphatic carbocycles. The molecule has 0 saturated heterocycles. The Morgan fingerprint density at radius 3 is 2.29 bits per heavy atom. The van der Waals surface area contributed by atoms with E-state index in [0.29, 0.717) is 5.56 Å². The lowest BCUT2D eigenvalue weighted by Crippen LogP contribution is -2.31. The number of hydrogen-bond donors (Lipinski definition) is 0. The Morgan fingerprint density at radius 1 is 1.08 bits per heavy atom. The van der Waals surface area contributed by atoms with Gasteiger partial charge < -0.3 is 9.64 Å². The van der Waals surface area contributed by atoms with E-state index in [1.165, 1.54) is 42.3 Å². The maximum Gasteiger partial charge on any atom is 0.416 e. The summed E-state index contributed by atoms with van der Waals surface area (Å²) in [6, 6.07) is 10.2. The highest BCUT2D eigenvalue weighted by Crippen LogP contribution is 2.29.